The predicted molar refractivity (Wildman–Crippen MR) is 81.8 cm³/mol. The highest BCUT2D eigenvalue weighted by molar-refractivity contribution is 5.40. The van der Waals surface area contributed by atoms with E-state index in [9.17, 15) is 0 Å². The molecule has 2 unspecified atom stereocenters. The zero-order valence-corrected chi connectivity index (χ0v) is 12.6. The summed E-state index contributed by atoms with van der Waals surface area (Å²) in [6, 6.07) is 7.14. The standard InChI is InChI=1S/C16H24N4/c1-12(2)17-10-13-7-9-19(3)16(13)14-11-20-8-5-4-6-15(20)18-14/h4-6,8,11-13,16-17H,7,9-10H2,1-3H3. The van der Waals surface area contributed by atoms with Crippen molar-refractivity contribution in [2.24, 2.45) is 5.92 Å². The molecule has 1 N–H and O–H groups in total. The highest BCUT2D eigenvalue weighted by atomic mass is 15.2. The summed E-state index contributed by atoms with van der Waals surface area (Å²) >= 11 is 0. The van der Waals surface area contributed by atoms with Gasteiger partial charge in [-0.25, -0.2) is 4.98 Å². The Labute approximate surface area is 120 Å². The monoisotopic (exact) mass is 272 g/mol. The van der Waals surface area contributed by atoms with Gasteiger partial charge in [-0.2, -0.15) is 0 Å². The fourth-order valence-corrected chi connectivity index (χ4v) is 3.19. The summed E-state index contributed by atoms with van der Waals surface area (Å²) in [7, 11) is 2.21. The second-order valence-corrected chi connectivity index (χ2v) is 6.17. The number of hydrogen-bond donors (Lipinski definition) is 1. The van der Waals surface area contributed by atoms with E-state index in [0.29, 0.717) is 18.0 Å². The molecular formula is C16H24N4. The number of rotatable bonds is 4. The van der Waals surface area contributed by atoms with Gasteiger partial charge in [0.1, 0.15) is 5.65 Å². The van der Waals surface area contributed by atoms with Crippen LogP contribution in [0.25, 0.3) is 5.65 Å². The first-order chi connectivity index (χ1) is 9.65. The second-order valence-electron chi connectivity index (χ2n) is 6.17. The summed E-state index contributed by atoms with van der Waals surface area (Å²) in [5, 5.41) is 3.58. The van der Waals surface area contributed by atoms with Crippen molar-refractivity contribution < 1.29 is 0 Å². The van der Waals surface area contributed by atoms with Gasteiger partial charge >= 0.3 is 0 Å². The van der Waals surface area contributed by atoms with Crippen LogP contribution in [0.3, 0.4) is 0 Å². The smallest absolute Gasteiger partial charge is 0.137 e. The van der Waals surface area contributed by atoms with Gasteiger partial charge in [0.2, 0.25) is 0 Å². The Bertz CT molecular complexity index is 542. The van der Waals surface area contributed by atoms with E-state index in [1.807, 2.05) is 6.07 Å². The zero-order chi connectivity index (χ0) is 14.1. The van der Waals surface area contributed by atoms with Crippen LogP contribution in [0.2, 0.25) is 0 Å². The van der Waals surface area contributed by atoms with Crippen LogP contribution in [0.1, 0.15) is 32.0 Å². The fraction of sp³-hybridized carbons (Fsp3) is 0.562. The Morgan fingerprint density at radius 2 is 2.25 bits per heavy atom. The molecule has 0 amide bonds. The van der Waals surface area contributed by atoms with Gasteiger partial charge in [0, 0.05) is 25.0 Å². The topological polar surface area (TPSA) is 32.6 Å². The predicted octanol–water partition coefficient (Wildman–Crippen LogP) is 2.33. The quantitative estimate of drug-likeness (QED) is 0.927. The minimum atomic E-state index is 0.432. The van der Waals surface area contributed by atoms with Crippen molar-refractivity contribution in [3.63, 3.8) is 0 Å². The van der Waals surface area contributed by atoms with Crippen LogP contribution in [-0.2, 0) is 0 Å². The Kier molecular flexibility index (Phi) is 3.76. The van der Waals surface area contributed by atoms with Crippen LogP contribution in [0.4, 0.5) is 0 Å². The van der Waals surface area contributed by atoms with Crippen LogP contribution < -0.4 is 5.32 Å². The van der Waals surface area contributed by atoms with E-state index < -0.39 is 0 Å². The number of nitrogens with zero attached hydrogens (tertiary/aromatic N) is 3. The Morgan fingerprint density at radius 1 is 1.40 bits per heavy atom. The number of likely N-dealkylation sites (tertiary alicyclic amines) is 1. The van der Waals surface area contributed by atoms with Gasteiger partial charge in [-0.1, -0.05) is 19.9 Å². The van der Waals surface area contributed by atoms with Crippen molar-refractivity contribution in [1.82, 2.24) is 19.6 Å². The van der Waals surface area contributed by atoms with Gasteiger partial charge in [0.05, 0.1) is 11.7 Å². The molecule has 1 saturated heterocycles. The lowest BCUT2D eigenvalue weighted by atomic mass is 9.98. The van der Waals surface area contributed by atoms with Crippen molar-refractivity contribution in [2.75, 3.05) is 20.1 Å². The lowest BCUT2D eigenvalue weighted by Crippen LogP contribution is -2.32. The van der Waals surface area contributed by atoms with E-state index >= 15 is 0 Å². The molecular weight excluding hydrogens is 248 g/mol. The molecule has 4 heteroatoms. The van der Waals surface area contributed by atoms with E-state index in [-0.39, 0.29) is 0 Å². The third-order valence-electron chi connectivity index (χ3n) is 4.25. The molecule has 1 fully saturated rings. The Hall–Kier alpha value is -1.39. The molecule has 0 bridgehead atoms. The molecule has 0 aromatic carbocycles. The van der Waals surface area contributed by atoms with Gasteiger partial charge in [0.25, 0.3) is 0 Å². The van der Waals surface area contributed by atoms with Crippen LogP contribution in [0.5, 0.6) is 0 Å². The Morgan fingerprint density at radius 3 is 3.00 bits per heavy atom. The van der Waals surface area contributed by atoms with E-state index in [1.165, 1.54) is 12.1 Å². The third kappa shape index (κ3) is 2.58. The summed E-state index contributed by atoms with van der Waals surface area (Å²) in [5.74, 6) is 0.646. The minimum absolute atomic E-state index is 0.432. The highest BCUT2D eigenvalue weighted by Gasteiger charge is 2.34. The molecule has 2 atom stereocenters. The molecule has 2 aromatic rings. The van der Waals surface area contributed by atoms with E-state index in [0.717, 1.165) is 18.7 Å². The summed E-state index contributed by atoms with van der Waals surface area (Å²) in [6.07, 6.45) is 5.50. The molecule has 108 valence electrons. The molecule has 4 nitrogen and oxygen atoms in total. The lowest BCUT2D eigenvalue weighted by molar-refractivity contribution is 0.265. The van der Waals surface area contributed by atoms with Crippen molar-refractivity contribution in [1.29, 1.82) is 0 Å². The summed E-state index contributed by atoms with van der Waals surface area (Å²) < 4.78 is 2.12. The first-order valence-corrected chi connectivity index (χ1v) is 7.52. The van der Waals surface area contributed by atoms with Crippen LogP contribution in [-0.4, -0.2) is 40.5 Å². The highest BCUT2D eigenvalue weighted by Crippen LogP contribution is 2.35. The van der Waals surface area contributed by atoms with E-state index in [1.54, 1.807) is 0 Å². The first kappa shape index (κ1) is 13.6. The van der Waals surface area contributed by atoms with E-state index in [2.05, 4.69) is 60.0 Å². The van der Waals surface area contributed by atoms with Crippen LogP contribution in [0, 0.1) is 5.92 Å². The number of nitrogens with one attached hydrogen (secondary N) is 1. The van der Waals surface area contributed by atoms with Crippen molar-refractivity contribution in [3.05, 3.63) is 36.3 Å². The SMILES string of the molecule is CC(C)NCC1CCN(C)C1c1cn2ccccc2n1. The minimum Gasteiger partial charge on any atom is -0.314 e. The molecule has 0 aliphatic carbocycles. The van der Waals surface area contributed by atoms with Crippen LogP contribution >= 0.6 is 0 Å². The largest absolute Gasteiger partial charge is 0.314 e. The van der Waals surface area contributed by atoms with Gasteiger partial charge in [0.15, 0.2) is 0 Å². The Balaban J connectivity index is 1.85. The maximum atomic E-state index is 4.82. The van der Waals surface area contributed by atoms with Crippen molar-refractivity contribution >= 4 is 5.65 Å². The number of hydrogen-bond acceptors (Lipinski definition) is 3. The van der Waals surface area contributed by atoms with Gasteiger partial charge in [-0.05, 0) is 38.1 Å². The van der Waals surface area contributed by atoms with E-state index in [4.69, 9.17) is 4.98 Å². The second kappa shape index (κ2) is 5.54. The number of imidazole rings is 1. The number of aromatic nitrogens is 2. The van der Waals surface area contributed by atoms with Crippen molar-refractivity contribution in [3.8, 4) is 0 Å². The lowest BCUT2D eigenvalue weighted by Gasteiger charge is -2.24. The molecule has 0 radical (unpaired) electrons. The maximum Gasteiger partial charge on any atom is 0.137 e. The molecule has 2 aromatic heterocycles. The molecule has 0 saturated carbocycles. The van der Waals surface area contributed by atoms with Gasteiger partial charge in [-0.15, -0.1) is 0 Å². The molecule has 20 heavy (non-hydrogen) atoms. The number of fused-ring (bicyclic) bond motifs is 1. The summed E-state index contributed by atoms with van der Waals surface area (Å²) in [4.78, 5) is 7.25. The molecule has 3 rings (SSSR count). The average Bonchev–Trinajstić information content (AvgIpc) is 2.99. The third-order valence-corrected chi connectivity index (χ3v) is 4.25. The zero-order valence-electron chi connectivity index (χ0n) is 12.6. The summed E-state index contributed by atoms with van der Waals surface area (Å²) in [6.45, 7) is 6.64. The molecule has 3 heterocycles. The number of pyridine rings is 1. The first-order valence-electron chi connectivity index (χ1n) is 7.52. The normalized spacial score (nSPS) is 24.0. The van der Waals surface area contributed by atoms with Gasteiger partial charge < -0.3 is 9.72 Å². The van der Waals surface area contributed by atoms with Crippen LogP contribution in [0.15, 0.2) is 30.6 Å². The van der Waals surface area contributed by atoms with Crippen molar-refractivity contribution in [2.45, 2.75) is 32.4 Å². The summed E-state index contributed by atoms with van der Waals surface area (Å²) in [5.41, 5.74) is 2.24. The van der Waals surface area contributed by atoms with Gasteiger partial charge in [-0.3, -0.25) is 4.90 Å². The molecule has 1 aliphatic heterocycles. The maximum absolute atomic E-state index is 4.82. The molecule has 0 spiro atoms. The molecule has 1 aliphatic rings. The fourth-order valence-electron chi connectivity index (χ4n) is 3.19. The average molecular weight is 272 g/mol.